The van der Waals surface area contributed by atoms with Gasteiger partial charge in [0.25, 0.3) is 11.8 Å². The number of esters is 1. The van der Waals surface area contributed by atoms with Crippen LogP contribution in [0.1, 0.15) is 20.0 Å². The molecule has 0 radical (unpaired) electrons. The molecule has 1 aliphatic heterocycles. The van der Waals surface area contributed by atoms with E-state index < -0.39 is 5.97 Å². The molecule has 1 fully saturated rings. The van der Waals surface area contributed by atoms with Crippen LogP contribution in [-0.4, -0.2) is 60.4 Å². The van der Waals surface area contributed by atoms with E-state index in [1.54, 1.807) is 28.0 Å². The Labute approximate surface area is 172 Å². The van der Waals surface area contributed by atoms with Gasteiger partial charge in [-0.1, -0.05) is 42.5 Å². The number of hydrogen-bond acceptors (Lipinski definition) is 5. The van der Waals surface area contributed by atoms with Crippen molar-refractivity contribution >= 4 is 39.9 Å². The molecular weight excluding hydrogens is 388 g/mol. The highest BCUT2D eigenvalue weighted by molar-refractivity contribution is 7.12. The molecule has 2 amide bonds. The van der Waals surface area contributed by atoms with E-state index in [1.807, 2.05) is 41.8 Å². The molecule has 6 nitrogen and oxygen atoms in total. The van der Waals surface area contributed by atoms with E-state index in [0.29, 0.717) is 36.6 Å². The maximum atomic E-state index is 12.5. The third-order valence-electron chi connectivity index (χ3n) is 4.99. The predicted molar refractivity (Wildman–Crippen MR) is 111 cm³/mol. The average molecular weight is 408 g/mol. The van der Waals surface area contributed by atoms with E-state index >= 15 is 0 Å². The van der Waals surface area contributed by atoms with Crippen molar-refractivity contribution in [2.45, 2.75) is 0 Å². The second-order valence-corrected chi connectivity index (χ2v) is 7.70. The highest BCUT2D eigenvalue weighted by Gasteiger charge is 2.26. The number of benzene rings is 2. The Morgan fingerprint density at radius 2 is 1.59 bits per heavy atom. The van der Waals surface area contributed by atoms with E-state index in [-0.39, 0.29) is 18.4 Å². The Morgan fingerprint density at radius 3 is 2.34 bits per heavy atom. The van der Waals surface area contributed by atoms with Gasteiger partial charge < -0.3 is 14.5 Å². The Morgan fingerprint density at radius 1 is 0.862 bits per heavy atom. The standard InChI is InChI=1S/C22H20N2O4S/c25-20(23-10-12-24(13-11-23)21(26)19-9-4-14-29-19)15-28-22(27)18-8-3-6-16-5-1-2-7-17(16)18/h1-9,14H,10-13,15H2. The maximum absolute atomic E-state index is 12.5. The number of rotatable bonds is 4. The van der Waals surface area contributed by atoms with Crippen LogP contribution >= 0.6 is 11.3 Å². The largest absolute Gasteiger partial charge is 0.452 e. The molecule has 148 valence electrons. The SMILES string of the molecule is O=C(OCC(=O)N1CCN(C(=O)c2cccs2)CC1)c1cccc2ccccc12. The number of piperazine rings is 1. The number of hydrogen-bond donors (Lipinski definition) is 0. The molecular formula is C22H20N2O4S. The summed E-state index contributed by atoms with van der Waals surface area (Å²) in [6.45, 7) is 1.50. The third kappa shape index (κ3) is 4.14. The molecule has 4 rings (SSSR count). The van der Waals surface area contributed by atoms with Gasteiger partial charge in [0.1, 0.15) is 0 Å². The van der Waals surface area contributed by atoms with Gasteiger partial charge in [-0.05, 0) is 28.3 Å². The van der Waals surface area contributed by atoms with Crippen molar-refractivity contribution in [3.8, 4) is 0 Å². The Bertz CT molecular complexity index is 1030. The lowest BCUT2D eigenvalue weighted by Gasteiger charge is -2.34. The summed E-state index contributed by atoms with van der Waals surface area (Å²) >= 11 is 1.41. The highest BCUT2D eigenvalue weighted by Crippen LogP contribution is 2.19. The molecule has 0 saturated carbocycles. The van der Waals surface area contributed by atoms with E-state index in [0.717, 1.165) is 10.8 Å². The number of carbonyl (C=O) groups is 3. The summed E-state index contributed by atoms with van der Waals surface area (Å²) in [5, 5.41) is 3.62. The van der Waals surface area contributed by atoms with Gasteiger partial charge in [0, 0.05) is 26.2 Å². The van der Waals surface area contributed by atoms with Crippen LogP contribution in [0.15, 0.2) is 60.0 Å². The fraction of sp³-hybridized carbons (Fsp3) is 0.227. The number of fused-ring (bicyclic) bond motifs is 1. The summed E-state index contributed by atoms with van der Waals surface area (Å²) in [4.78, 5) is 41.4. The van der Waals surface area contributed by atoms with Crippen LogP contribution in [0.4, 0.5) is 0 Å². The van der Waals surface area contributed by atoms with Crippen molar-refractivity contribution in [3.63, 3.8) is 0 Å². The maximum Gasteiger partial charge on any atom is 0.339 e. The molecule has 1 aliphatic rings. The van der Waals surface area contributed by atoms with Gasteiger partial charge >= 0.3 is 5.97 Å². The van der Waals surface area contributed by atoms with Gasteiger partial charge in [0.05, 0.1) is 10.4 Å². The number of amides is 2. The zero-order chi connectivity index (χ0) is 20.2. The molecule has 7 heteroatoms. The minimum Gasteiger partial charge on any atom is -0.452 e. The Balaban J connectivity index is 1.31. The van der Waals surface area contributed by atoms with Gasteiger partial charge in [0.15, 0.2) is 6.61 Å². The first-order chi connectivity index (χ1) is 14.1. The zero-order valence-electron chi connectivity index (χ0n) is 15.7. The minimum atomic E-state index is -0.512. The highest BCUT2D eigenvalue weighted by atomic mass is 32.1. The van der Waals surface area contributed by atoms with Gasteiger partial charge in [0.2, 0.25) is 0 Å². The monoisotopic (exact) mass is 408 g/mol. The van der Waals surface area contributed by atoms with Gasteiger partial charge in [-0.3, -0.25) is 9.59 Å². The summed E-state index contributed by atoms with van der Waals surface area (Å²) in [6.07, 6.45) is 0. The van der Waals surface area contributed by atoms with E-state index in [9.17, 15) is 14.4 Å². The third-order valence-corrected chi connectivity index (χ3v) is 5.85. The van der Waals surface area contributed by atoms with Gasteiger partial charge in [-0.25, -0.2) is 4.79 Å². The minimum absolute atomic E-state index is 0.00511. The van der Waals surface area contributed by atoms with Crippen LogP contribution < -0.4 is 0 Å². The smallest absolute Gasteiger partial charge is 0.339 e. The molecule has 0 spiro atoms. The van der Waals surface area contributed by atoms with Crippen molar-refractivity contribution in [3.05, 3.63) is 70.4 Å². The normalized spacial score (nSPS) is 14.1. The molecule has 2 aromatic carbocycles. The molecule has 0 unspecified atom stereocenters. The van der Waals surface area contributed by atoms with E-state index in [1.165, 1.54) is 11.3 Å². The summed E-state index contributed by atoms with van der Waals surface area (Å²) < 4.78 is 5.28. The second-order valence-electron chi connectivity index (χ2n) is 6.75. The lowest BCUT2D eigenvalue weighted by molar-refractivity contribution is -0.136. The van der Waals surface area contributed by atoms with Crippen molar-refractivity contribution in [1.29, 1.82) is 0 Å². The molecule has 0 bridgehead atoms. The first kappa shape index (κ1) is 19.1. The molecule has 2 heterocycles. The van der Waals surface area contributed by atoms with Crippen molar-refractivity contribution < 1.29 is 19.1 Å². The van der Waals surface area contributed by atoms with E-state index in [4.69, 9.17) is 4.74 Å². The van der Waals surface area contributed by atoms with Gasteiger partial charge in [-0.15, -0.1) is 11.3 Å². The van der Waals surface area contributed by atoms with Gasteiger partial charge in [-0.2, -0.15) is 0 Å². The molecule has 29 heavy (non-hydrogen) atoms. The van der Waals surface area contributed by atoms with Crippen molar-refractivity contribution in [2.24, 2.45) is 0 Å². The van der Waals surface area contributed by atoms with Crippen LogP contribution in [-0.2, 0) is 9.53 Å². The molecule has 1 saturated heterocycles. The van der Waals surface area contributed by atoms with Crippen LogP contribution in [0, 0.1) is 0 Å². The average Bonchev–Trinajstić information content (AvgIpc) is 3.31. The number of ether oxygens (including phenoxy) is 1. The summed E-state index contributed by atoms with van der Waals surface area (Å²) in [5.74, 6) is -0.766. The zero-order valence-corrected chi connectivity index (χ0v) is 16.6. The Kier molecular flexibility index (Phi) is 5.57. The molecule has 3 aromatic rings. The van der Waals surface area contributed by atoms with Crippen LogP contribution in [0.3, 0.4) is 0 Å². The number of thiophene rings is 1. The van der Waals surface area contributed by atoms with E-state index in [2.05, 4.69) is 0 Å². The van der Waals surface area contributed by atoms with Crippen molar-refractivity contribution in [1.82, 2.24) is 9.80 Å². The predicted octanol–water partition coefficient (Wildman–Crippen LogP) is 3.04. The number of nitrogens with zero attached hydrogens (tertiary/aromatic N) is 2. The first-order valence-electron chi connectivity index (χ1n) is 9.39. The fourth-order valence-electron chi connectivity index (χ4n) is 3.41. The van der Waals surface area contributed by atoms with Crippen molar-refractivity contribution in [2.75, 3.05) is 32.8 Å². The fourth-order valence-corrected chi connectivity index (χ4v) is 4.11. The lowest BCUT2D eigenvalue weighted by atomic mass is 10.1. The second kappa shape index (κ2) is 8.45. The molecule has 0 atom stereocenters. The molecule has 0 aliphatic carbocycles. The first-order valence-corrected chi connectivity index (χ1v) is 10.3. The van der Waals surface area contributed by atoms with Crippen LogP contribution in [0.2, 0.25) is 0 Å². The summed E-state index contributed by atoms with van der Waals surface area (Å²) in [5.41, 5.74) is 0.447. The molecule has 1 aromatic heterocycles. The quantitative estimate of drug-likeness (QED) is 0.623. The van der Waals surface area contributed by atoms with Crippen LogP contribution in [0.5, 0.6) is 0 Å². The lowest BCUT2D eigenvalue weighted by Crippen LogP contribution is -2.51. The topological polar surface area (TPSA) is 66.9 Å². The Hall–Kier alpha value is -3.19. The number of carbonyl (C=O) groups excluding carboxylic acids is 3. The summed E-state index contributed by atoms with van der Waals surface area (Å²) in [6, 6.07) is 16.6. The molecule has 0 N–H and O–H groups in total. The summed E-state index contributed by atoms with van der Waals surface area (Å²) in [7, 11) is 0. The van der Waals surface area contributed by atoms with Crippen LogP contribution in [0.25, 0.3) is 10.8 Å².